The third kappa shape index (κ3) is 2.92. The van der Waals surface area contributed by atoms with Crippen molar-refractivity contribution in [3.63, 3.8) is 0 Å². The molecule has 3 N–H and O–H groups in total. The van der Waals surface area contributed by atoms with Crippen molar-refractivity contribution in [1.29, 1.82) is 0 Å². The zero-order valence-corrected chi connectivity index (χ0v) is 13.0. The van der Waals surface area contributed by atoms with E-state index in [9.17, 15) is 12.8 Å². The van der Waals surface area contributed by atoms with Crippen molar-refractivity contribution in [2.24, 2.45) is 5.41 Å². The summed E-state index contributed by atoms with van der Waals surface area (Å²) in [7, 11) is -3.98. The fourth-order valence-electron chi connectivity index (χ4n) is 2.58. The van der Waals surface area contributed by atoms with Crippen LogP contribution in [0, 0.1) is 11.2 Å². The Morgan fingerprint density at radius 1 is 1.45 bits per heavy atom. The Morgan fingerprint density at radius 2 is 2.10 bits per heavy atom. The smallest absolute Gasteiger partial charge is 0.243 e. The molecule has 0 aromatic heterocycles. The van der Waals surface area contributed by atoms with Gasteiger partial charge in [0.15, 0.2) is 5.82 Å². The molecular formula is C13H18ClFN2O2S. The Bertz CT molecular complexity index is 632. The molecule has 112 valence electrons. The van der Waals surface area contributed by atoms with Crippen LogP contribution in [0.5, 0.6) is 0 Å². The van der Waals surface area contributed by atoms with Crippen LogP contribution in [-0.4, -0.2) is 14.5 Å². The Morgan fingerprint density at radius 3 is 2.65 bits per heavy atom. The number of rotatable bonds is 3. The predicted molar refractivity (Wildman–Crippen MR) is 77.6 cm³/mol. The van der Waals surface area contributed by atoms with Gasteiger partial charge in [-0.3, -0.25) is 0 Å². The van der Waals surface area contributed by atoms with E-state index in [1.807, 2.05) is 13.8 Å². The van der Waals surface area contributed by atoms with Gasteiger partial charge in [0.25, 0.3) is 0 Å². The van der Waals surface area contributed by atoms with E-state index in [0.29, 0.717) is 0 Å². The Labute approximate surface area is 123 Å². The second-order valence-corrected chi connectivity index (χ2v) is 7.96. The van der Waals surface area contributed by atoms with Crippen LogP contribution in [0.2, 0.25) is 5.02 Å². The molecule has 0 radical (unpaired) electrons. The molecule has 1 saturated carbocycles. The number of anilines is 1. The lowest BCUT2D eigenvalue weighted by Gasteiger charge is -2.27. The Hall–Kier alpha value is -0.850. The minimum absolute atomic E-state index is 0.113. The molecule has 0 aliphatic heterocycles. The van der Waals surface area contributed by atoms with E-state index in [2.05, 4.69) is 4.72 Å². The van der Waals surface area contributed by atoms with Crippen LogP contribution in [-0.2, 0) is 10.0 Å². The van der Waals surface area contributed by atoms with Crippen molar-refractivity contribution in [3.8, 4) is 0 Å². The first-order chi connectivity index (χ1) is 9.13. The summed E-state index contributed by atoms with van der Waals surface area (Å²) >= 11 is 5.65. The molecule has 1 aliphatic rings. The molecule has 1 atom stereocenters. The lowest BCUT2D eigenvalue weighted by Crippen LogP contribution is -2.41. The third-order valence-electron chi connectivity index (χ3n) is 3.86. The highest BCUT2D eigenvalue weighted by Gasteiger charge is 2.38. The average Bonchev–Trinajstić information content (AvgIpc) is 2.62. The van der Waals surface area contributed by atoms with Gasteiger partial charge in [-0.15, -0.1) is 0 Å². The van der Waals surface area contributed by atoms with Crippen molar-refractivity contribution in [2.45, 2.75) is 44.0 Å². The monoisotopic (exact) mass is 320 g/mol. The molecule has 1 unspecified atom stereocenters. The number of nitrogens with one attached hydrogen (secondary N) is 1. The number of sulfonamides is 1. The van der Waals surface area contributed by atoms with Gasteiger partial charge in [0, 0.05) is 11.7 Å². The van der Waals surface area contributed by atoms with Crippen molar-refractivity contribution in [3.05, 3.63) is 23.0 Å². The van der Waals surface area contributed by atoms with Crippen LogP contribution >= 0.6 is 11.6 Å². The minimum Gasteiger partial charge on any atom is -0.399 e. The van der Waals surface area contributed by atoms with E-state index in [1.54, 1.807) is 0 Å². The summed E-state index contributed by atoms with van der Waals surface area (Å²) in [4.78, 5) is -0.495. The first kappa shape index (κ1) is 15.5. The molecule has 1 aromatic rings. The molecule has 0 amide bonds. The molecule has 0 saturated heterocycles. The quantitative estimate of drug-likeness (QED) is 0.841. The highest BCUT2D eigenvalue weighted by molar-refractivity contribution is 7.89. The van der Waals surface area contributed by atoms with E-state index in [0.717, 1.165) is 25.3 Å². The van der Waals surface area contributed by atoms with Crippen LogP contribution < -0.4 is 10.5 Å². The fraction of sp³-hybridized carbons (Fsp3) is 0.538. The summed E-state index contributed by atoms with van der Waals surface area (Å²) in [5, 5.41) is -0.295. The van der Waals surface area contributed by atoms with Gasteiger partial charge in [-0.25, -0.2) is 17.5 Å². The van der Waals surface area contributed by atoms with Gasteiger partial charge in [-0.2, -0.15) is 0 Å². The van der Waals surface area contributed by atoms with Gasteiger partial charge in [-0.1, -0.05) is 31.9 Å². The maximum atomic E-state index is 13.9. The zero-order chi connectivity index (χ0) is 15.1. The second-order valence-electron chi connectivity index (χ2n) is 5.87. The number of nitrogen functional groups attached to an aromatic ring is 1. The molecule has 20 heavy (non-hydrogen) atoms. The number of hydrogen-bond donors (Lipinski definition) is 2. The summed E-state index contributed by atoms with van der Waals surface area (Å²) < 4.78 is 41.2. The van der Waals surface area contributed by atoms with Crippen LogP contribution in [0.15, 0.2) is 17.0 Å². The van der Waals surface area contributed by atoms with Crippen molar-refractivity contribution < 1.29 is 12.8 Å². The van der Waals surface area contributed by atoms with Crippen LogP contribution in [0.4, 0.5) is 10.1 Å². The SMILES string of the molecule is CC1(C)CCCC1NS(=O)(=O)c1cc(N)cc(Cl)c1F. The fourth-order valence-corrected chi connectivity index (χ4v) is 4.43. The van der Waals surface area contributed by atoms with Gasteiger partial charge in [-0.05, 0) is 30.4 Å². The second kappa shape index (κ2) is 5.16. The molecule has 1 aliphatic carbocycles. The molecular weight excluding hydrogens is 303 g/mol. The largest absolute Gasteiger partial charge is 0.399 e. The van der Waals surface area contributed by atoms with Crippen LogP contribution in [0.3, 0.4) is 0 Å². The standard InChI is InChI=1S/C13H18ClFN2O2S/c1-13(2)5-3-4-11(13)17-20(18,19)10-7-8(16)6-9(14)12(10)15/h6-7,11,17H,3-5,16H2,1-2H3. The number of nitrogens with two attached hydrogens (primary N) is 1. The Balaban J connectivity index is 2.37. The average molecular weight is 321 g/mol. The van der Waals surface area contributed by atoms with E-state index in [4.69, 9.17) is 17.3 Å². The topological polar surface area (TPSA) is 72.2 Å². The zero-order valence-electron chi connectivity index (χ0n) is 11.4. The third-order valence-corrected chi connectivity index (χ3v) is 5.61. The Kier molecular flexibility index (Phi) is 4.01. The molecule has 0 spiro atoms. The van der Waals surface area contributed by atoms with Crippen molar-refractivity contribution in [2.75, 3.05) is 5.73 Å². The highest BCUT2D eigenvalue weighted by atomic mass is 35.5. The lowest BCUT2D eigenvalue weighted by atomic mass is 9.88. The summed E-state index contributed by atoms with van der Waals surface area (Å²) in [5.41, 5.74) is 5.51. The van der Waals surface area contributed by atoms with Gasteiger partial charge in [0.2, 0.25) is 10.0 Å². The van der Waals surface area contributed by atoms with Gasteiger partial charge < -0.3 is 5.73 Å². The van der Waals surface area contributed by atoms with Crippen LogP contribution in [0.25, 0.3) is 0 Å². The summed E-state index contributed by atoms with van der Waals surface area (Å²) in [5.74, 6) is -0.968. The van der Waals surface area contributed by atoms with Crippen LogP contribution in [0.1, 0.15) is 33.1 Å². The molecule has 4 nitrogen and oxygen atoms in total. The van der Waals surface area contributed by atoms with E-state index >= 15 is 0 Å². The van der Waals surface area contributed by atoms with Gasteiger partial charge >= 0.3 is 0 Å². The molecule has 1 aromatic carbocycles. The first-order valence-electron chi connectivity index (χ1n) is 6.40. The molecule has 0 heterocycles. The van der Waals surface area contributed by atoms with E-state index < -0.39 is 20.7 Å². The molecule has 0 bridgehead atoms. The number of benzene rings is 1. The lowest BCUT2D eigenvalue weighted by molar-refractivity contribution is 0.312. The maximum Gasteiger partial charge on any atom is 0.243 e. The minimum atomic E-state index is -3.98. The summed E-state index contributed by atoms with van der Waals surface area (Å²) in [6.07, 6.45) is 2.62. The normalized spacial score (nSPS) is 22.1. The first-order valence-corrected chi connectivity index (χ1v) is 8.26. The number of halogens is 2. The van der Waals surface area contributed by atoms with E-state index in [1.165, 1.54) is 6.07 Å². The highest BCUT2D eigenvalue weighted by Crippen LogP contribution is 2.38. The van der Waals surface area contributed by atoms with Gasteiger partial charge in [0.05, 0.1) is 5.02 Å². The van der Waals surface area contributed by atoms with E-state index in [-0.39, 0.29) is 22.2 Å². The predicted octanol–water partition coefficient (Wildman–Crippen LogP) is 2.92. The summed E-state index contributed by atoms with van der Waals surface area (Å²) in [6, 6.07) is 2.06. The van der Waals surface area contributed by atoms with Crippen molar-refractivity contribution >= 4 is 27.3 Å². The maximum absolute atomic E-state index is 13.9. The van der Waals surface area contributed by atoms with Crippen molar-refractivity contribution in [1.82, 2.24) is 4.72 Å². The molecule has 1 fully saturated rings. The summed E-state index contributed by atoms with van der Waals surface area (Å²) in [6.45, 7) is 3.99. The number of hydrogen-bond acceptors (Lipinski definition) is 3. The van der Waals surface area contributed by atoms with Gasteiger partial charge in [0.1, 0.15) is 4.90 Å². The molecule has 7 heteroatoms. The molecule has 2 rings (SSSR count).